The normalized spacial score (nSPS) is 12.2. The molecule has 0 aliphatic carbocycles. The van der Waals surface area contributed by atoms with Crippen molar-refractivity contribution in [1.82, 2.24) is 30.0 Å². The van der Waals surface area contributed by atoms with Gasteiger partial charge in [-0.1, -0.05) is 11.6 Å². The van der Waals surface area contributed by atoms with Crippen molar-refractivity contribution in [2.24, 2.45) is 0 Å². The molecule has 148 valence electrons. The Labute approximate surface area is 171 Å². The SMILES string of the molecule is C[C@@H](NC(=O)c1cc(Cl)cc(S(C)(=O)=O)c1)c1ncnn1-c1cnc(C#N)cn1. The van der Waals surface area contributed by atoms with Crippen LogP contribution in [-0.2, 0) is 9.84 Å². The third-order valence-electron chi connectivity index (χ3n) is 3.84. The average Bonchev–Trinajstić information content (AvgIpc) is 3.17. The highest BCUT2D eigenvalue weighted by Crippen LogP contribution is 2.20. The molecule has 3 aromatic rings. The molecular weight excluding hydrogens is 418 g/mol. The summed E-state index contributed by atoms with van der Waals surface area (Å²) in [4.78, 5) is 24.7. The molecule has 0 saturated heterocycles. The van der Waals surface area contributed by atoms with Crippen LogP contribution >= 0.6 is 11.6 Å². The first-order valence-corrected chi connectivity index (χ1v) is 10.4. The highest BCUT2D eigenvalue weighted by atomic mass is 35.5. The molecule has 12 heteroatoms. The maximum absolute atomic E-state index is 12.6. The maximum Gasteiger partial charge on any atom is 0.251 e. The minimum absolute atomic E-state index is 0.0566. The van der Waals surface area contributed by atoms with Gasteiger partial charge in [-0.3, -0.25) is 4.79 Å². The van der Waals surface area contributed by atoms with Crippen molar-refractivity contribution in [2.75, 3.05) is 6.26 Å². The summed E-state index contributed by atoms with van der Waals surface area (Å²) in [6, 6.07) is 5.16. The first-order valence-electron chi connectivity index (χ1n) is 8.13. The van der Waals surface area contributed by atoms with E-state index in [1.54, 1.807) is 6.92 Å². The third-order valence-corrected chi connectivity index (χ3v) is 5.15. The topological polar surface area (TPSA) is 144 Å². The van der Waals surface area contributed by atoms with Crippen LogP contribution in [0.3, 0.4) is 0 Å². The quantitative estimate of drug-likeness (QED) is 0.639. The molecule has 0 bridgehead atoms. The number of carbonyl (C=O) groups is 1. The Balaban J connectivity index is 1.86. The van der Waals surface area contributed by atoms with Crippen molar-refractivity contribution < 1.29 is 13.2 Å². The Hall–Kier alpha value is -3.36. The van der Waals surface area contributed by atoms with Crippen molar-refractivity contribution >= 4 is 27.3 Å². The number of hydrogen-bond donors (Lipinski definition) is 1. The van der Waals surface area contributed by atoms with E-state index < -0.39 is 21.8 Å². The number of rotatable bonds is 5. The first kappa shape index (κ1) is 20.4. The van der Waals surface area contributed by atoms with Crippen LogP contribution in [0.2, 0.25) is 5.02 Å². The molecule has 2 heterocycles. The molecule has 1 atom stereocenters. The number of hydrogen-bond acceptors (Lipinski definition) is 8. The zero-order chi connectivity index (χ0) is 21.2. The lowest BCUT2D eigenvalue weighted by molar-refractivity contribution is 0.0937. The van der Waals surface area contributed by atoms with Crippen LogP contribution in [0.25, 0.3) is 5.82 Å². The van der Waals surface area contributed by atoms with Gasteiger partial charge in [0.1, 0.15) is 12.4 Å². The standard InChI is InChI=1S/C17H14ClN7O3S/c1-10(16-22-9-23-25(16)15-8-20-13(6-19)7-21-15)24-17(26)11-3-12(18)5-14(4-11)29(2,27)28/h3-5,7-10H,1-2H3,(H,24,26)/t10-/m1/s1. The Morgan fingerprint density at radius 1 is 1.24 bits per heavy atom. The zero-order valence-corrected chi connectivity index (χ0v) is 16.8. The van der Waals surface area contributed by atoms with E-state index in [1.165, 1.54) is 41.6 Å². The second-order valence-corrected chi connectivity index (χ2v) is 8.50. The lowest BCUT2D eigenvalue weighted by atomic mass is 10.2. The van der Waals surface area contributed by atoms with E-state index in [9.17, 15) is 13.2 Å². The van der Waals surface area contributed by atoms with Gasteiger partial charge < -0.3 is 5.32 Å². The number of halogens is 1. The van der Waals surface area contributed by atoms with E-state index >= 15 is 0 Å². The fourth-order valence-electron chi connectivity index (χ4n) is 2.46. The van der Waals surface area contributed by atoms with Crippen molar-refractivity contribution in [3.05, 3.63) is 59.0 Å². The molecule has 0 radical (unpaired) electrons. The Morgan fingerprint density at radius 2 is 2.00 bits per heavy atom. The number of amides is 1. The van der Waals surface area contributed by atoms with Gasteiger partial charge >= 0.3 is 0 Å². The van der Waals surface area contributed by atoms with Crippen molar-refractivity contribution in [1.29, 1.82) is 5.26 Å². The van der Waals surface area contributed by atoms with Crippen molar-refractivity contribution in [3.8, 4) is 11.9 Å². The molecule has 0 fully saturated rings. The van der Waals surface area contributed by atoms with E-state index in [-0.39, 0.29) is 21.2 Å². The molecule has 10 nitrogen and oxygen atoms in total. The summed E-state index contributed by atoms with van der Waals surface area (Å²) >= 11 is 5.96. The van der Waals surface area contributed by atoms with Crippen LogP contribution in [0.4, 0.5) is 0 Å². The molecular formula is C17H14ClN7O3S. The smallest absolute Gasteiger partial charge is 0.251 e. The van der Waals surface area contributed by atoms with Gasteiger partial charge in [0.05, 0.1) is 23.3 Å². The Morgan fingerprint density at radius 3 is 2.62 bits per heavy atom. The van der Waals surface area contributed by atoms with Gasteiger partial charge in [-0.25, -0.2) is 23.4 Å². The highest BCUT2D eigenvalue weighted by molar-refractivity contribution is 7.90. The largest absolute Gasteiger partial charge is 0.342 e. The van der Waals surface area contributed by atoms with Gasteiger partial charge in [-0.05, 0) is 25.1 Å². The Bertz CT molecular complexity index is 1220. The lowest BCUT2D eigenvalue weighted by Crippen LogP contribution is -2.29. The minimum atomic E-state index is -3.53. The van der Waals surface area contributed by atoms with Gasteiger partial charge in [-0.15, -0.1) is 0 Å². The summed E-state index contributed by atoms with van der Waals surface area (Å²) in [5.74, 6) is 0.146. The van der Waals surface area contributed by atoms with E-state index in [0.29, 0.717) is 11.6 Å². The van der Waals surface area contributed by atoms with Gasteiger partial charge in [0.15, 0.2) is 27.2 Å². The fraction of sp³-hybridized carbons (Fsp3) is 0.176. The predicted octanol–water partition coefficient (Wildman–Crippen LogP) is 1.48. The second-order valence-electron chi connectivity index (χ2n) is 6.04. The van der Waals surface area contributed by atoms with Crippen LogP contribution in [0.5, 0.6) is 0 Å². The van der Waals surface area contributed by atoms with Crippen LogP contribution in [-0.4, -0.2) is 45.3 Å². The number of nitrogens with one attached hydrogen (secondary N) is 1. The number of nitrogens with zero attached hydrogens (tertiary/aromatic N) is 6. The fourth-order valence-corrected chi connectivity index (χ4v) is 3.44. The molecule has 0 aliphatic rings. The van der Waals surface area contributed by atoms with Crippen LogP contribution in [0, 0.1) is 11.3 Å². The van der Waals surface area contributed by atoms with Gasteiger partial charge in [-0.2, -0.15) is 15.0 Å². The average molecular weight is 432 g/mol. The first-order chi connectivity index (χ1) is 13.7. The summed E-state index contributed by atoms with van der Waals surface area (Å²) in [5.41, 5.74) is 0.244. The molecule has 1 aromatic carbocycles. The maximum atomic E-state index is 12.6. The van der Waals surface area contributed by atoms with E-state index in [4.69, 9.17) is 16.9 Å². The summed E-state index contributed by atoms with van der Waals surface area (Å²) in [6.07, 6.45) is 4.98. The summed E-state index contributed by atoms with van der Waals surface area (Å²) in [5, 5.41) is 15.7. The van der Waals surface area contributed by atoms with Crippen LogP contribution in [0.1, 0.15) is 34.8 Å². The molecule has 29 heavy (non-hydrogen) atoms. The van der Waals surface area contributed by atoms with Crippen LogP contribution < -0.4 is 5.32 Å². The van der Waals surface area contributed by atoms with E-state index in [0.717, 1.165) is 6.26 Å². The summed E-state index contributed by atoms with van der Waals surface area (Å²) in [7, 11) is -3.53. The van der Waals surface area contributed by atoms with Crippen LogP contribution in [0.15, 0.2) is 41.8 Å². The third kappa shape index (κ3) is 4.56. The highest BCUT2D eigenvalue weighted by Gasteiger charge is 2.20. The predicted molar refractivity (Wildman–Crippen MR) is 102 cm³/mol. The second kappa shape index (κ2) is 7.94. The minimum Gasteiger partial charge on any atom is -0.342 e. The van der Waals surface area contributed by atoms with Crippen molar-refractivity contribution in [2.45, 2.75) is 17.9 Å². The molecule has 0 spiro atoms. The summed E-state index contributed by atoms with van der Waals surface area (Å²) < 4.78 is 24.9. The van der Waals surface area contributed by atoms with E-state index in [2.05, 4.69) is 25.4 Å². The number of nitriles is 1. The summed E-state index contributed by atoms with van der Waals surface area (Å²) in [6.45, 7) is 1.68. The number of aromatic nitrogens is 5. The van der Waals surface area contributed by atoms with Crippen molar-refractivity contribution in [3.63, 3.8) is 0 Å². The number of benzene rings is 1. The molecule has 0 saturated carbocycles. The molecule has 3 rings (SSSR count). The number of sulfone groups is 1. The molecule has 1 N–H and O–H groups in total. The van der Waals surface area contributed by atoms with Gasteiger partial charge in [0, 0.05) is 16.8 Å². The Kier molecular flexibility index (Phi) is 5.58. The lowest BCUT2D eigenvalue weighted by Gasteiger charge is -2.14. The molecule has 1 amide bonds. The monoisotopic (exact) mass is 431 g/mol. The van der Waals surface area contributed by atoms with Gasteiger partial charge in [0.2, 0.25) is 0 Å². The molecule has 2 aromatic heterocycles. The molecule has 0 unspecified atom stereocenters. The number of carbonyl (C=O) groups excluding carboxylic acids is 1. The van der Waals surface area contributed by atoms with E-state index in [1.807, 2.05) is 6.07 Å². The van der Waals surface area contributed by atoms with Gasteiger partial charge in [0.25, 0.3) is 5.91 Å². The molecule has 0 aliphatic heterocycles. The zero-order valence-electron chi connectivity index (χ0n) is 15.2.